The highest BCUT2D eigenvalue weighted by Crippen LogP contribution is 2.30. The Hall–Kier alpha value is -1.73. The van der Waals surface area contributed by atoms with E-state index in [1.54, 1.807) is 12.1 Å². The molecule has 0 saturated carbocycles. The highest BCUT2D eigenvalue weighted by molar-refractivity contribution is 9.10. The molecular formula is C14H12BrNO4S. The summed E-state index contributed by atoms with van der Waals surface area (Å²) in [6.45, 7) is 1.80. The predicted octanol–water partition coefficient (Wildman–Crippen LogP) is 4.24. The predicted molar refractivity (Wildman–Crippen MR) is 84.3 cm³/mol. The number of nitro groups is 1. The van der Waals surface area contributed by atoms with E-state index in [0.717, 1.165) is 11.3 Å². The van der Waals surface area contributed by atoms with Crippen LogP contribution < -0.4 is 4.74 Å². The number of thiophene rings is 1. The lowest BCUT2D eigenvalue weighted by molar-refractivity contribution is -0.385. The summed E-state index contributed by atoms with van der Waals surface area (Å²) >= 11 is 4.58. The summed E-state index contributed by atoms with van der Waals surface area (Å²) in [7, 11) is 0. The molecule has 1 aromatic heterocycles. The van der Waals surface area contributed by atoms with Crippen molar-refractivity contribution in [3.63, 3.8) is 0 Å². The number of nitrogens with zero attached hydrogens (tertiary/aromatic N) is 1. The lowest BCUT2D eigenvalue weighted by Gasteiger charge is -2.05. The zero-order chi connectivity index (χ0) is 15.4. The number of hydrogen-bond donors (Lipinski definition) is 0. The van der Waals surface area contributed by atoms with E-state index in [1.165, 1.54) is 23.5 Å². The minimum absolute atomic E-state index is 0.0869. The molecule has 21 heavy (non-hydrogen) atoms. The van der Waals surface area contributed by atoms with Crippen LogP contribution in [0.2, 0.25) is 0 Å². The molecule has 2 rings (SSSR count). The number of Topliss-reactive ketones (excluding diaryl/α,β-unsaturated/α-hetero) is 1. The van der Waals surface area contributed by atoms with E-state index in [9.17, 15) is 14.9 Å². The van der Waals surface area contributed by atoms with Crippen molar-refractivity contribution in [2.45, 2.75) is 13.3 Å². The molecule has 0 bridgehead atoms. The summed E-state index contributed by atoms with van der Waals surface area (Å²) < 4.78 is 5.89. The van der Waals surface area contributed by atoms with E-state index in [-0.39, 0.29) is 23.8 Å². The fraction of sp³-hybridized carbons (Fsp3) is 0.214. The maximum absolute atomic E-state index is 12.0. The first-order chi connectivity index (χ1) is 10.0. The van der Waals surface area contributed by atoms with E-state index >= 15 is 0 Å². The van der Waals surface area contributed by atoms with Gasteiger partial charge in [0.25, 0.3) is 0 Å². The number of ketones is 1. The Labute approximate surface area is 133 Å². The summed E-state index contributed by atoms with van der Waals surface area (Å²) in [5, 5.41) is 11.0. The van der Waals surface area contributed by atoms with Crippen molar-refractivity contribution in [1.29, 1.82) is 0 Å². The second kappa shape index (κ2) is 6.82. The molecule has 0 N–H and O–H groups in total. The minimum Gasteiger partial charge on any atom is -0.478 e. The van der Waals surface area contributed by atoms with Gasteiger partial charge >= 0.3 is 5.69 Å². The molecule has 1 heterocycles. The summed E-state index contributed by atoms with van der Waals surface area (Å²) in [6, 6.07) is 8.11. The van der Waals surface area contributed by atoms with Crippen LogP contribution in [0.3, 0.4) is 0 Å². The Balaban J connectivity index is 2.09. The van der Waals surface area contributed by atoms with Gasteiger partial charge in [0.1, 0.15) is 0 Å². The van der Waals surface area contributed by atoms with Crippen molar-refractivity contribution in [3.05, 3.63) is 54.7 Å². The molecule has 110 valence electrons. The van der Waals surface area contributed by atoms with Gasteiger partial charge in [0.15, 0.2) is 12.4 Å². The van der Waals surface area contributed by atoms with E-state index in [0.29, 0.717) is 9.35 Å². The number of carbonyl (C=O) groups excluding carboxylic acids is 1. The SMILES string of the molecule is CCc1ccc(C(=O)COc2ccc(Br)cc2[N+](=O)[O-])s1. The van der Waals surface area contributed by atoms with Crippen LogP contribution in [0.25, 0.3) is 0 Å². The Bertz CT molecular complexity index is 683. The average molecular weight is 370 g/mol. The second-order valence-electron chi connectivity index (χ2n) is 4.20. The van der Waals surface area contributed by atoms with Gasteiger partial charge in [0.2, 0.25) is 5.78 Å². The van der Waals surface area contributed by atoms with Gasteiger partial charge in [-0.2, -0.15) is 0 Å². The Morgan fingerprint density at radius 1 is 1.38 bits per heavy atom. The number of rotatable bonds is 6. The molecule has 5 nitrogen and oxygen atoms in total. The molecule has 0 radical (unpaired) electrons. The van der Waals surface area contributed by atoms with E-state index in [2.05, 4.69) is 15.9 Å². The second-order valence-corrected chi connectivity index (χ2v) is 6.28. The van der Waals surface area contributed by atoms with Crippen molar-refractivity contribution < 1.29 is 14.5 Å². The quantitative estimate of drug-likeness (QED) is 0.433. The molecule has 0 saturated heterocycles. The summed E-state index contributed by atoms with van der Waals surface area (Å²) in [6.07, 6.45) is 0.872. The third-order valence-electron chi connectivity index (χ3n) is 2.76. The van der Waals surface area contributed by atoms with Gasteiger partial charge in [-0.05, 0) is 30.7 Å². The molecule has 0 spiro atoms. The molecule has 0 atom stereocenters. The third-order valence-corrected chi connectivity index (χ3v) is 4.53. The minimum atomic E-state index is -0.537. The fourth-order valence-electron chi connectivity index (χ4n) is 1.69. The van der Waals surface area contributed by atoms with Crippen LogP contribution in [0.1, 0.15) is 21.5 Å². The van der Waals surface area contributed by atoms with E-state index in [1.807, 2.05) is 13.0 Å². The van der Waals surface area contributed by atoms with Gasteiger partial charge in [-0.25, -0.2) is 0 Å². The monoisotopic (exact) mass is 369 g/mol. The van der Waals surface area contributed by atoms with Gasteiger partial charge < -0.3 is 4.74 Å². The standard InChI is InChI=1S/C14H12BrNO4S/c1-2-10-4-6-14(21-10)12(17)8-20-13-5-3-9(15)7-11(13)16(18)19/h3-7H,2,8H2,1H3. The topological polar surface area (TPSA) is 69.4 Å². The van der Waals surface area contributed by atoms with Gasteiger partial charge in [-0.1, -0.05) is 22.9 Å². The molecule has 0 fully saturated rings. The molecule has 0 aliphatic heterocycles. The van der Waals surface area contributed by atoms with Crippen LogP contribution in [0.4, 0.5) is 5.69 Å². The maximum Gasteiger partial charge on any atom is 0.312 e. The first kappa shape index (κ1) is 15.7. The van der Waals surface area contributed by atoms with E-state index < -0.39 is 4.92 Å². The molecule has 0 aliphatic rings. The summed E-state index contributed by atoms with van der Waals surface area (Å²) in [5.41, 5.74) is -0.169. The van der Waals surface area contributed by atoms with Crippen molar-refractivity contribution in [3.8, 4) is 5.75 Å². The Kier molecular flexibility index (Phi) is 5.08. The number of benzene rings is 1. The first-order valence-electron chi connectivity index (χ1n) is 6.20. The van der Waals surface area contributed by atoms with Crippen LogP contribution >= 0.6 is 27.3 Å². The highest BCUT2D eigenvalue weighted by Gasteiger charge is 2.17. The van der Waals surface area contributed by atoms with Crippen LogP contribution in [-0.2, 0) is 6.42 Å². The highest BCUT2D eigenvalue weighted by atomic mass is 79.9. The number of carbonyl (C=O) groups is 1. The van der Waals surface area contributed by atoms with E-state index in [4.69, 9.17) is 4.74 Å². The Morgan fingerprint density at radius 3 is 2.76 bits per heavy atom. The summed E-state index contributed by atoms with van der Waals surface area (Å²) in [4.78, 5) is 24.1. The molecule has 1 aromatic carbocycles. The maximum atomic E-state index is 12.0. The van der Waals surface area contributed by atoms with Gasteiger partial charge in [-0.15, -0.1) is 11.3 Å². The number of hydrogen-bond acceptors (Lipinski definition) is 5. The lowest BCUT2D eigenvalue weighted by Crippen LogP contribution is -2.11. The zero-order valence-corrected chi connectivity index (χ0v) is 13.6. The van der Waals surface area contributed by atoms with Crippen LogP contribution in [-0.4, -0.2) is 17.3 Å². The number of halogens is 1. The van der Waals surface area contributed by atoms with Crippen molar-refractivity contribution >= 4 is 38.7 Å². The zero-order valence-electron chi connectivity index (χ0n) is 11.2. The number of ether oxygens (including phenoxy) is 1. The molecule has 0 amide bonds. The largest absolute Gasteiger partial charge is 0.478 e. The molecule has 7 heteroatoms. The van der Waals surface area contributed by atoms with Crippen molar-refractivity contribution in [1.82, 2.24) is 0 Å². The normalized spacial score (nSPS) is 10.4. The van der Waals surface area contributed by atoms with Crippen LogP contribution in [0.5, 0.6) is 5.75 Å². The first-order valence-corrected chi connectivity index (χ1v) is 7.81. The van der Waals surface area contributed by atoms with Gasteiger partial charge in [0, 0.05) is 15.4 Å². The fourth-order valence-corrected chi connectivity index (χ4v) is 2.91. The van der Waals surface area contributed by atoms with Crippen molar-refractivity contribution in [2.24, 2.45) is 0 Å². The Morgan fingerprint density at radius 2 is 2.14 bits per heavy atom. The van der Waals surface area contributed by atoms with Gasteiger partial charge in [-0.3, -0.25) is 14.9 Å². The van der Waals surface area contributed by atoms with Crippen LogP contribution in [0.15, 0.2) is 34.8 Å². The lowest BCUT2D eigenvalue weighted by atomic mass is 10.3. The molecular weight excluding hydrogens is 358 g/mol. The average Bonchev–Trinajstić information content (AvgIpc) is 2.94. The van der Waals surface area contributed by atoms with Gasteiger partial charge in [0.05, 0.1) is 9.80 Å². The molecule has 0 aliphatic carbocycles. The molecule has 0 unspecified atom stereocenters. The smallest absolute Gasteiger partial charge is 0.312 e. The van der Waals surface area contributed by atoms with Crippen molar-refractivity contribution in [2.75, 3.05) is 6.61 Å². The third kappa shape index (κ3) is 3.89. The number of aryl methyl sites for hydroxylation is 1. The van der Waals surface area contributed by atoms with Crippen LogP contribution in [0, 0.1) is 10.1 Å². The summed E-state index contributed by atoms with van der Waals surface area (Å²) in [5.74, 6) is -0.0965. The number of nitro benzene ring substituents is 1. The molecule has 2 aromatic rings.